The Morgan fingerprint density at radius 2 is 2.16 bits per heavy atom. The van der Waals surface area contributed by atoms with E-state index in [-0.39, 0.29) is 5.82 Å². The number of anilines is 1. The first-order valence-corrected chi connectivity index (χ1v) is 6.76. The van der Waals surface area contributed by atoms with Gasteiger partial charge < -0.3 is 10.2 Å². The summed E-state index contributed by atoms with van der Waals surface area (Å²) in [5.41, 5.74) is -0.00121. The molecule has 4 heteroatoms. The minimum Gasteiger partial charge on any atom is -0.367 e. The molecular weight excluding hydrogens is 241 g/mol. The largest absolute Gasteiger partial charge is 0.367 e. The lowest BCUT2D eigenvalue weighted by Crippen LogP contribution is -2.53. The summed E-state index contributed by atoms with van der Waals surface area (Å²) >= 11 is 0. The highest BCUT2D eigenvalue weighted by Gasteiger charge is 2.45. The number of benzene rings is 1. The summed E-state index contributed by atoms with van der Waals surface area (Å²) in [6.45, 7) is 3.18. The van der Waals surface area contributed by atoms with Crippen molar-refractivity contribution in [1.82, 2.24) is 5.32 Å². The average molecular weight is 261 g/mol. The van der Waals surface area contributed by atoms with Crippen LogP contribution in [0.5, 0.6) is 0 Å². The number of nitrogens with zero attached hydrogens (tertiary/aromatic N) is 2. The third kappa shape index (κ3) is 2.71. The Balaban J connectivity index is 2.24. The van der Waals surface area contributed by atoms with Crippen molar-refractivity contribution in [3.8, 4) is 6.07 Å². The summed E-state index contributed by atoms with van der Waals surface area (Å²) in [6, 6.07) is 9.14. The summed E-state index contributed by atoms with van der Waals surface area (Å²) in [5.74, 6) is 0.145. The van der Waals surface area contributed by atoms with E-state index in [2.05, 4.69) is 11.4 Å². The van der Waals surface area contributed by atoms with Gasteiger partial charge in [0.05, 0.1) is 11.8 Å². The quantitative estimate of drug-likeness (QED) is 0.855. The molecule has 0 aromatic heterocycles. The standard InChI is InChI=1S/C15H20FN3/c1-3-19(14-7-5-4-6-13(14)16)11-15(10-17,18-2)12-8-9-12/h4-7,12,18H,3,8-9,11H2,1-2H3. The molecule has 1 unspecified atom stereocenters. The first-order chi connectivity index (χ1) is 9.16. The number of nitrogens with one attached hydrogen (secondary N) is 1. The van der Waals surface area contributed by atoms with E-state index in [1.165, 1.54) is 6.07 Å². The molecule has 0 radical (unpaired) electrons. The summed E-state index contributed by atoms with van der Waals surface area (Å²) in [7, 11) is 1.82. The van der Waals surface area contributed by atoms with Crippen molar-refractivity contribution < 1.29 is 4.39 Å². The molecular formula is C15H20FN3. The molecule has 1 atom stereocenters. The zero-order valence-electron chi connectivity index (χ0n) is 11.5. The minimum atomic E-state index is -0.571. The van der Waals surface area contributed by atoms with Gasteiger partial charge in [-0.1, -0.05) is 12.1 Å². The molecule has 19 heavy (non-hydrogen) atoms. The highest BCUT2D eigenvalue weighted by atomic mass is 19.1. The zero-order chi connectivity index (χ0) is 13.9. The number of hydrogen-bond donors (Lipinski definition) is 1. The van der Waals surface area contributed by atoms with Crippen LogP contribution in [0.2, 0.25) is 0 Å². The van der Waals surface area contributed by atoms with Crippen molar-refractivity contribution in [1.29, 1.82) is 5.26 Å². The Morgan fingerprint density at radius 1 is 1.47 bits per heavy atom. The van der Waals surface area contributed by atoms with Crippen molar-refractivity contribution in [3.05, 3.63) is 30.1 Å². The van der Waals surface area contributed by atoms with Crippen molar-refractivity contribution in [2.45, 2.75) is 25.3 Å². The molecule has 0 spiro atoms. The fourth-order valence-corrected chi connectivity index (χ4v) is 2.55. The van der Waals surface area contributed by atoms with Crippen LogP contribution >= 0.6 is 0 Å². The lowest BCUT2D eigenvalue weighted by Gasteiger charge is -2.34. The van der Waals surface area contributed by atoms with Crippen LogP contribution in [-0.4, -0.2) is 25.7 Å². The Kier molecular flexibility index (Phi) is 4.06. The van der Waals surface area contributed by atoms with Crippen LogP contribution < -0.4 is 10.2 Å². The van der Waals surface area contributed by atoms with E-state index >= 15 is 0 Å². The van der Waals surface area contributed by atoms with Crippen molar-refractivity contribution in [3.63, 3.8) is 0 Å². The Hall–Kier alpha value is -1.60. The molecule has 1 aromatic carbocycles. The predicted molar refractivity (Wildman–Crippen MR) is 74.4 cm³/mol. The molecule has 1 aliphatic rings. The van der Waals surface area contributed by atoms with Gasteiger partial charge in [-0.15, -0.1) is 0 Å². The van der Waals surface area contributed by atoms with E-state index in [9.17, 15) is 9.65 Å². The molecule has 1 saturated carbocycles. The lowest BCUT2D eigenvalue weighted by molar-refractivity contribution is 0.392. The molecule has 0 heterocycles. The van der Waals surface area contributed by atoms with Gasteiger partial charge in [0, 0.05) is 13.1 Å². The Bertz CT molecular complexity index is 479. The second-order valence-corrected chi connectivity index (χ2v) is 5.07. The number of likely N-dealkylation sites (N-methyl/N-ethyl adjacent to an activating group) is 2. The van der Waals surface area contributed by atoms with Crippen LogP contribution in [-0.2, 0) is 0 Å². The van der Waals surface area contributed by atoms with Crippen LogP contribution in [0, 0.1) is 23.1 Å². The maximum Gasteiger partial charge on any atom is 0.146 e. The van der Waals surface area contributed by atoms with Crippen LogP contribution in [0.25, 0.3) is 0 Å². The lowest BCUT2D eigenvalue weighted by atomic mass is 9.94. The molecule has 102 valence electrons. The molecule has 0 amide bonds. The van der Waals surface area contributed by atoms with Gasteiger partial charge in [-0.05, 0) is 44.9 Å². The number of rotatable bonds is 6. The predicted octanol–water partition coefficient (Wildman–Crippen LogP) is 2.54. The highest BCUT2D eigenvalue weighted by Crippen LogP contribution is 2.40. The molecule has 1 aliphatic carbocycles. The Morgan fingerprint density at radius 3 is 2.63 bits per heavy atom. The topological polar surface area (TPSA) is 39.1 Å². The summed E-state index contributed by atoms with van der Waals surface area (Å²) in [6.07, 6.45) is 2.15. The molecule has 0 saturated heterocycles. The Labute approximate surface area is 114 Å². The second kappa shape index (κ2) is 5.58. The van der Waals surface area contributed by atoms with Crippen LogP contribution in [0.1, 0.15) is 19.8 Å². The van der Waals surface area contributed by atoms with E-state index in [1.807, 2.05) is 24.9 Å². The van der Waals surface area contributed by atoms with Crippen LogP contribution in [0.15, 0.2) is 24.3 Å². The molecule has 0 bridgehead atoms. The molecule has 1 aromatic rings. The van der Waals surface area contributed by atoms with Gasteiger partial charge in [0.1, 0.15) is 11.4 Å². The number of para-hydroxylation sites is 1. The van der Waals surface area contributed by atoms with E-state index in [0.29, 0.717) is 24.7 Å². The molecule has 1 N–H and O–H groups in total. The number of halogens is 1. The van der Waals surface area contributed by atoms with Gasteiger partial charge in [-0.2, -0.15) is 5.26 Å². The van der Waals surface area contributed by atoms with Crippen molar-refractivity contribution in [2.24, 2.45) is 5.92 Å². The van der Waals surface area contributed by atoms with E-state index < -0.39 is 5.54 Å². The van der Waals surface area contributed by atoms with Gasteiger partial charge in [-0.25, -0.2) is 4.39 Å². The van der Waals surface area contributed by atoms with Crippen LogP contribution in [0.3, 0.4) is 0 Å². The maximum atomic E-state index is 13.9. The summed E-state index contributed by atoms with van der Waals surface area (Å²) in [5, 5.41) is 12.7. The molecule has 0 aliphatic heterocycles. The van der Waals surface area contributed by atoms with E-state index in [1.54, 1.807) is 12.1 Å². The number of nitriles is 1. The maximum absolute atomic E-state index is 13.9. The van der Waals surface area contributed by atoms with Gasteiger partial charge in [-0.3, -0.25) is 0 Å². The summed E-state index contributed by atoms with van der Waals surface area (Å²) < 4.78 is 13.9. The van der Waals surface area contributed by atoms with Gasteiger partial charge in [0.25, 0.3) is 0 Å². The molecule has 3 nitrogen and oxygen atoms in total. The minimum absolute atomic E-state index is 0.233. The van der Waals surface area contributed by atoms with E-state index in [0.717, 1.165) is 12.8 Å². The number of hydrogen-bond acceptors (Lipinski definition) is 3. The highest BCUT2D eigenvalue weighted by molar-refractivity contribution is 5.48. The normalized spacial score (nSPS) is 17.6. The van der Waals surface area contributed by atoms with Gasteiger partial charge >= 0.3 is 0 Å². The molecule has 2 rings (SSSR count). The van der Waals surface area contributed by atoms with E-state index in [4.69, 9.17) is 0 Å². The summed E-state index contributed by atoms with van der Waals surface area (Å²) in [4.78, 5) is 1.94. The van der Waals surface area contributed by atoms with Crippen LogP contribution in [0.4, 0.5) is 10.1 Å². The third-order valence-electron chi connectivity index (χ3n) is 3.94. The van der Waals surface area contributed by atoms with Gasteiger partial charge in [0.2, 0.25) is 0 Å². The smallest absolute Gasteiger partial charge is 0.146 e. The second-order valence-electron chi connectivity index (χ2n) is 5.07. The van der Waals surface area contributed by atoms with Crippen molar-refractivity contribution >= 4 is 5.69 Å². The monoisotopic (exact) mass is 261 g/mol. The fraction of sp³-hybridized carbons (Fsp3) is 0.533. The van der Waals surface area contributed by atoms with Crippen molar-refractivity contribution in [2.75, 3.05) is 25.0 Å². The molecule has 1 fully saturated rings. The first-order valence-electron chi connectivity index (χ1n) is 6.76. The average Bonchev–Trinajstić information content (AvgIpc) is 3.27. The first kappa shape index (κ1) is 13.8. The fourth-order valence-electron chi connectivity index (χ4n) is 2.55. The third-order valence-corrected chi connectivity index (χ3v) is 3.94. The SMILES string of the molecule is CCN(CC(C#N)(NC)C1CC1)c1ccccc1F. The van der Waals surface area contributed by atoms with Gasteiger partial charge in [0.15, 0.2) is 0 Å². The zero-order valence-corrected chi connectivity index (χ0v) is 11.5.